The topological polar surface area (TPSA) is 82.0 Å². The molecular formula is C10H16N2O4S. The third kappa shape index (κ3) is 5.64. The number of hydroxylamine groups is 2. The van der Waals surface area contributed by atoms with Crippen LogP contribution in [0.3, 0.4) is 0 Å². The molecule has 0 bridgehead atoms. The van der Waals surface area contributed by atoms with Gasteiger partial charge in [-0.25, -0.2) is 9.86 Å². The Balaban J connectivity index is 2.07. The van der Waals surface area contributed by atoms with Crippen molar-refractivity contribution in [2.24, 2.45) is 0 Å². The van der Waals surface area contributed by atoms with E-state index in [9.17, 15) is 10.0 Å². The maximum absolute atomic E-state index is 11.1. The number of nitrogens with one attached hydrogen (secondary N) is 1. The highest BCUT2D eigenvalue weighted by molar-refractivity contribution is 7.09. The van der Waals surface area contributed by atoms with E-state index in [1.165, 1.54) is 0 Å². The molecule has 0 radical (unpaired) electrons. The molecule has 1 aromatic heterocycles. The van der Waals surface area contributed by atoms with Crippen molar-refractivity contribution in [3.05, 3.63) is 22.4 Å². The summed E-state index contributed by atoms with van der Waals surface area (Å²) in [5.74, 6) is 0. The van der Waals surface area contributed by atoms with Crippen molar-refractivity contribution in [1.29, 1.82) is 0 Å². The zero-order chi connectivity index (χ0) is 12.5. The fourth-order valence-corrected chi connectivity index (χ4v) is 1.71. The normalized spacial score (nSPS) is 10.2. The predicted molar refractivity (Wildman–Crippen MR) is 63.0 cm³/mol. The maximum atomic E-state index is 11.1. The van der Waals surface area contributed by atoms with Crippen LogP contribution in [-0.2, 0) is 11.3 Å². The number of hydrogen-bond donors (Lipinski definition) is 3. The number of rotatable bonds is 7. The summed E-state index contributed by atoms with van der Waals surface area (Å²) in [6.07, 6.45) is 0. The van der Waals surface area contributed by atoms with Crippen LogP contribution < -0.4 is 5.32 Å². The summed E-state index contributed by atoms with van der Waals surface area (Å²) in [5, 5.41) is 22.6. The number of urea groups is 1. The van der Waals surface area contributed by atoms with Crippen LogP contribution in [0.5, 0.6) is 0 Å². The molecule has 0 fully saturated rings. The molecule has 0 aliphatic rings. The minimum atomic E-state index is -0.640. The minimum absolute atomic E-state index is 0.0859. The number of ether oxygens (including phenoxy) is 1. The molecule has 6 nitrogen and oxygen atoms in total. The molecular weight excluding hydrogens is 244 g/mol. The number of hydrogen-bond acceptors (Lipinski definition) is 5. The van der Waals surface area contributed by atoms with Crippen molar-refractivity contribution in [2.75, 3.05) is 26.3 Å². The number of thiophene rings is 1. The molecule has 1 heterocycles. The fraction of sp³-hybridized carbons (Fsp3) is 0.500. The molecule has 1 rings (SSSR count). The number of aliphatic hydroxyl groups is 1. The molecule has 17 heavy (non-hydrogen) atoms. The molecule has 7 heteroatoms. The number of amides is 2. The van der Waals surface area contributed by atoms with E-state index in [2.05, 4.69) is 5.32 Å². The van der Waals surface area contributed by atoms with Gasteiger partial charge in [0, 0.05) is 11.4 Å². The summed E-state index contributed by atoms with van der Waals surface area (Å²) >= 11 is 1.59. The van der Waals surface area contributed by atoms with Crippen LogP contribution in [-0.4, -0.2) is 47.7 Å². The van der Waals surface area contributed by atoms with Crippen molar-refractivity contribution in [2.45, 2.75) is 6.61 Å². The van der Waals surface area contributed by atoms with Crippen LogP contribution in [0.1, 0.15) is 4.88 Å². The van der Waals surface area contributed by atoms with Gasteiger partial charge in [0.25, 0.3) is 0 Å². The Hall–Kier alpha value is -1.15. The van der Waals surface area contributed by atoms with Crippen LogP contribution in [0.4, 0.5) is 4.79 Å². The minimum Gasteiger partial charge on any atom is -0.395 e. The van der Waals surface area contributed by atoms with E-state index in [-0.39, 0.29) is 26.3 Å². The van der Waals surface area contributed by atoms with Crippen molar-refractivity contribution in [3.8, 4) is 0 Å². The quantitative estimate of drug-likeness (QED) is 0.382. The monoisotopic (exact) mass is 260 g/mol. The molecule has 0 unspecified atom stereocenters. The molecule has 3 N–H and O–H groups in total. The van der Waals surface area contributed by atoms with Crippen molar-refractivity contribution >= 4 is 17.4 Å². The Morgan fingerprint density at radius 3 is 3.06 bits per heavy atom. The number of aliphatic hydroxyl groups excluding tert-OH is 1. The number of nitrogens with zero attached hydrogens (tertiary/aromatic N) is 1. The summed E-state index contributed by atoms with van der Waals surface area (Å²) in [7, 11) is 0. The van der Waals surface area contributed by atoms with E-state index in [0.29, 0.717) is 11.7 Å². The molecule has 96 valence electrons. The van der Waals surface area contributed by atoms with Crippen LogP contribution in [0.2, 0.25) is 0 Å². The number of carbonyl (C=O) groups excluding carboxylic acids is 1. The summed E-state index contributed by atoms with van der Waals surface area (Å²) in [6, 6.07) is 3.25. The predicted octanol–water partition coefficient (Wildman–Crippen LogP) is 0.658. The second-order valence-corrected chi connectivity index (χ2v) is 4.24. The Kier molecular flexibility index (Phi) is 6.56. The lowest BCUT2D eigenvalue weighted by Gasteiger charge is -2.15. The molecule has 0 saturated carbocycles. The molecule has 2 amide bonds. The van der Waals surface area contributed by atoms with Crippen molar-refractivity contribution in [3.63, 3.8) is 0 Å². The summed E-state index contributed by atoms with van der Waals surface area (Å²) in [4.78, 5) is 12.2. The van der Waals surface area contributed by atoms with E-state index in [1.54, 1.807) is 11.3 Å². The summed E-state index contributed by atoms with van der Waals surface area (Å²) in [5.41, 5.74) is 0. The van der Waals surface area contributed by atoms with Gasteiger partial charge in [-0.05, 0) is 11.4 Å². The molecule has 0 atom stereocenters. The van der Waals surface area contributed by atoms with Gasteiger partial charge in [0.2, 0.25) is 0 Å². The third-order valence-corrected chi connectivity index (χ3v) is 2.74. The van der Waals surface area contributed by atoms with E-state index in [1.807, 2.05) is 17.5 Å². The fourth-order valence-electron chi connectivity index (χ4n) is 1.07. The highest BCUT2D eigenvalue weighted by atomic mass is 32.1. The highest BCUT2D eigenvalue weighted by Gasteiger charge is 2.08. The average molecular weight is 260 g/mol. The SMILES string of the molecule is O=C(NCCO)N(O)CCOCc1cccs1. The van der Waals surface area contributed by atoms with Gasteiger partial charge in [0.05, 0.1) is 26.4 Å². The third-order valence-electron chi connectivity index (χ3n) is 1.89. The van der Waals surface area contributed by atoms with Gasteiger partial charge in [-0.2, -0.15) is 0 Å². The van der Waals surface area contributed by atoms with E-state index in [0.717, 1.165) is 4.88 Å². The Morgan fingerprint density at radius 1 is 1.59 bits per heavy atom. The van der Waals surface area contributed by atoms with E-state index >= 15 is 0 Å². The molecule has 0 saturated heterocycles. The van der Waals surface area contributed by atoms with E-state index < -0.39 is 6.03 Å². The van der Waals surface area contributed by atoms with Crippen molar-refractivity contribution < 1.29 is 19.8 Å². The summed E-state index contributed by atoms with van der Waals surface area (Å²) in [6.45, 7) is 0.772. The molecule has 0 aromatic carbocycles. The van der Waals surface area contributed by atoms with Gasteiger partial charge in [-0.3, -0.25) is 5.21 Å². The van der Waals surface area contributed by atoms with Crippen LogP contribution in [0.25, 0.3) is 0 Å². The first-order chi connectivity index (χ1) is 8.24. The van der Waals surface area contributed by atoms with Gasteiger partial charge in [0.1, 0.15) is 0 Å². The lowest BCUT2D eigenvalue weighted by Crippen LogP contribution is -2.40. The Bertz CT molecular complexity index is 318. The van der Waals surface area contributed by atoms with E-state index in [4.69, 9.17) is 9.84 Å². The van der Waals surface area contributed by atoms with Crippen LogP contribution in [0, 0.1) is 0 Å². The van der Waals surface area contributed by atoms with Gasteiger partial charge in [-0.1, -0.05) is 6.07 Å². The highest BCUT2D eigenvalue weighted by Crippen LogP contribution is 2.09. The second kappa shape index (κ2) is 8.02. The van der Waals surface area contributed by atoms with Gasteiger partial charge < -0.3 is 15.2 Å². The van der Waals surface area contributed by atoms with Crippen LogP contribution in [0.15, 0.2) is 17.5 Å². The molecule has 1 aromatic rings. The zero-order valence-corrected chi connectivity index (χ0v) is 10.2. The van der Waals surface area contributed by atoms with Gasteiger partial charge >= 0.3 is 6.03 Å². The van der Waals surface area contributed by atoms with Gasteiger partial charge in [0.15, 0.2) is 0 Å². The van der Waals surface area contributed by atoms with Gasteiger partial charge in [-0.15, -0.1) is 11.3 Å². The molecule has 0 spiro atoms. The first-order valence-corrected chi connectivity index (χ1v) is 6.07. The lowest BCUT2D eigenvalue weighted by molar-refractivity contribution is -0.0612. The zero-order valence-electron chi connectivity index (χ0n) is 9.33. The number of carbonyl (C=O) groups is 1. The largest absolute Gasteiger partial charge is 0.395 e. The first kappa shape index (κ1) is 13.9. The Morgan fingerprint density at radius 2 is 2.41 bits per heavy atom. The summed E-state index contributed by atoms with van der Waals surface area (Å²) < 4.78 is 5.28. The standard InChI is InChI=1S/C10H16N2O4S/c13-5-3-11-10(14)12(15)4-6-16-8-9-2-1-7-17-9/h1-2,7,13,15H,3-6,8H2,(H,11,14). The maximum Gasteiger partial charge on any atom is 0.341 e. The molecule has 0 aliphatic carbocycles. The van der Waals surface area contributed by atoms with Crippen molar-refractivity contribution in [1.82, 2.24) is 10.4 Å². The lowest BCUT2D eigenvalue weighted by atomic mass is 10.5. The molecule has 0 aliphatic heterocycles. The first-order valence-electron chi connectivity index (χ1n) is 5.19. The average Bonchev–Trinajstić information content (AvgIpc) is 2.84. The smallest absolute Gasteiger partial charge is 0.341 e. The second-order valence-electron chi connectivity index (χ2n) is 3.21. The van der Waals surface area contributed by atoms with Crippen LogP contribution >= 0.6 is 11.3 Å². The Labute approximate surface area is 103 Å².